The van der Waals surface area contributed by atoms with Gasteiger partial charge in [0.05, 0.1) is 6.10 Å². The fraction of sp³-hybridized carbons (Fsp3) is 0.875. The summed E-state index contributed by atoms with van der Waals surface area (Å²) >= 11 is 0. The van der Waals surface area contributed by atoms with Crippen LogP contribution < -0.4 is 5.32 Å². The number of amides is 1. The summed E-state index contributed by atoms with van der Waals surface area (Å²) in [5.41, 5.74) is 0. The molecule has 0 aromatic carbocycles. The highest BCUT2D eigenvalue weighted by Crippen LogP contribution is 2.35. The monoisotopic (exact) mass is 299 g/mol. The lowest BCUT2D eigenvalue weighted by molar-refractivity contribution is -0.137. The molecule has 0 aromatic heterocycles. The van der Waals surface area contributed by atoms with Gasteiger partial charge in [0.1, 0.15) is 6.61 Å². The van der Waals surface area contributed by atoms with Gasteiger partial charge in [-0.1, -0.05) is 27.2 Å². The van der Waals surface area contributed by atoms with Crippen molar-refractivity contribution < 1.29 is 19.4 Å². The van der Waals surface area contributed by atoms with Crippen molar-refractivity contribution >= 4 is 11.9 Å². The third kappa shape index (κ3) is 6.93. The van der Waals surface area contributed by atoms with Gasteiger partial charge in [0.15, 0.2) is 0 Å². The van der Waals surface area contributed by atoms with E-state index >= 15 is 0 Å². The zero-order valence-corrected chi connectivity index (χ0v) is 13.4. The van der Waals surface area contributed by atoms with E-state index in [0.717, 1.165) is 6.42 Å². The first-order valence-corrected chi connectivity index (χ1v) is 8.00. The number of ether oxygens (including phenoxy) is 1. The minimum Gasteiger partial charge on any atom is -0.481 e. The lowest BCUT2D eigenvalue weighted by atomic mass is 9.75. The van der Waals surface area contributed by atoms with Gasteiger partial charge < -0.3 is 15.2 Å². The lowest BCUT2D eigenvalue weighted by Gasteiger charge is -2.37. The van der Waals surface area contributed by atoms with Crippen LogP contribution in [0.4, 0.5) is 0 Å². The van der Waals surface area contributed by atoms with Crippen LogP contribution in [0.2, 0.25) is 0 Å². The number of hydrogen-bond acceptors (Lipinski definition) is 3. The number of aliphatic carboxylic acids is 1. The van der Waals surface area contributed by atoms with Gasteiger partial charge in [-0.05, 0) is 37.0 Å². The van der Waals surface area contributed by atoms with E-state index in [1.54, 1.807) is 0 Å². The van der Waals surface area contributed by atoms with Gasteiger partial charge in [0.2, 0.25) is 5.91 Å². The van der Waals surface area contributed by atoms with Crippen LogP contribution in [-0.2, 0) is 14.3 Å². The van der Waals surface area contributed by atoms with E-state index in [1.165, 1.54) is 12.8 Å². The van der Waals surface area contributed by atoms with Gasteiger partial charge in [-0.3, -0.25) is 9.59 Å². The number of hydrogen-bond donors (Lipinski definition) is 2. The van der Waals surface area contributed by atoms with Crippen molar-refractivity contribution in [3.05, 3.63) is 0 Å². The van der Waals surface area contributed by atoms with Gasteiger partial charge in [0.25, 0.3) is 0 Å². The normalized spacial score (nSPS) is 25.8. The third-order valence-corrected chi connectivity index (χ3v) is 4.28. The molecule has 0 spiro atoms. The minimum absolute atomic E-state index is 0.0771. The molecule has 0 aromatic rings. The van der Waals surface area contributed by atoms with Gasteiger partial charge in [-0.2, -0.15) is 0 Å². The molecule has 1 fully saturated rings. The molecule has 0 bridgehead atoms. The molecule has 0 aliphatic heterocycles. The topological polar surface area (TPSA) is 75.6 Å². The van der Waals surface area contributed by atoms with Gasteiger partial charge in [0, 0.05) is 13.0 Å². The molecule has 3 atom stereocenters. The maximum Gasteiger partial charge on any atom is 0.303 e. The Balaban J connectivity index is 2.27. The molecule has 2 N–H and O–H groups in total. The van der Waals surface area contributed by atoms with Crippen LogP contribution in [0.5, 0.6) is 0 Å². The quantitative estimate of drug-likeness (QED) is 0.675. The molecule has 3 unspecified atom stereocenters. The van der Waals surface area contributed by atoms with Crippen LogP contribution in [0.15, 0.2) is 0 Å². The van der Waals surface area contributed by atoms with Crippen LogP contribution >= 0.6 is 0 Å². The fourth-order valence-electron chi connectivity index (χ4n) is 3.01. The molecule has 5 heteroatoms. The van der Waals surface area contributed by atoms with Crippen molar-refractivity contribution in [1.29, 1.82) is 0 Å². The number of rotatable bonds is 8. The second-order valence-electron chi connectivity index (χ2n) is 6.52. The summed E-state index contributed by atoms with van der Waals surface area (Å²) in [5, 5.41) is 11.2. The Hall–Kier alpha value is -1.10. The van der Waals surface area contributed by atoms with Crippen LogP contribution in [0.3, 0.4) is 0 Å². The summed E-state index contributed by atoms with van der Waals surface area (Å²) < 4.78 is 5.84. The Morgan fingerprint density at radius 1 is 1.33 bits per heavy atom. The number of carbonyl (C=O) groups is 2. The Morgan fingerprint density at radius 2 is 2.05 bits per heavy atom. The van der Waals surface area contributed by atoms with Gasteiger partial charge in [-0.15, -0.1) is 0 Å². The molecule has 1 amide bonds. The highest BCUT2D eigenvalue weighted by molar-refractivity contribution is 5.77. The summed E-state index contributed by atoms with van der Waals surface area (Å²) in [6.07, 6.45) is 4.13. The van der Waals surface area contributed by atoms with Crippen molar-refractivity contribution in [3.63, 3.8) is 0 Å². The zero-order valence-electron chi connectivity index (χ0n) is 13.4. The highest BCUT2D eigenvalue weighted by atomic mass is 16.5. The molecule has 1 rings (SSSR count). The van der Waals surface area contributed by atoms with Crippen molar-refractivity contribution in [2.75, 3.05) is 13.2 Å². The van der Waals surface area contributed by atoms with Crippen molar-refractivity contribution in [2.45, 2.75) is 59.0 Å². The van der Waals surface area contributed by atoms with Crippen molar-refractivity contribution in [2.24, 2.45) is 17.8 Å². The molecule has 21 heavy (non-hydrogen) atoms. The van der Waals surface area contributed by atoms with E-state index in [4.69, 9.17) is 9.84 Å². The maximum absolute atomic E-state index is 11.7. The van der Waals surface area contributed by atoms with Gasteiger partial charge in [-0.25, -0.2) is 0 Å². The number of carbonyl (C=O) groups excluding carboxylic acids is 1. The molecular weight excluding hydrogens is 270 g/mol. The molecule has 1 aliphatic carbocycles. The zero-order chi connectivity index (χ0) is 15.8. The molecular formula is C16H29NO4. The first-order valence-electron chi connectivity index (χ1n) is 8.00. The Kier molecular flexibility index (Phi) is 7.72. The second kappa shape index (κ2) is 9.03. The molecule has 1 aliphatic rings. The standard InChI is InChI=1S/C16H29NO4/c1-11(2)13-7-6-12(3)9-14(13)21-10-15(18)17-8-4-5-16(19)20/h11-14H,4-10H2,1-3H3,(H,17,18)(H,19,20). The maximum atomic E-state index is 11.7. The van der Waals surface area contributed by atoms with E-state index < -0.39 is 5.97 Å². The molecule has 1 saturated carbocycles. The van der Waals surface area contributed by atoms with Gasteiger partial charge >= 0.3 is 5.97 Å². The van der Waals surface area contributed by atoms with Crippen LogP contribution in [0, 0.1) is 17.8 Å². The summed E-state index contributed by atoms with van der Waals surface area (Å²) in [6, 6.07) is 0. The average molecular weight is 299 g/mol. The predicted octanol–water partition coefficient (Wildman–Crippen LogP) is 2.44. The van der Waals surface area contributed by atoms with Crippen molar-refractivity contribution in [1.82, 2.24) is 5.32 Å². The summed E-state index contributed by atoms with van der Waals surface area (Å²) in [4.78, 5) is 22.1. The van der Waals surface area contributed by atoms with Crippen LogP contribution in [0.25, 0.3) is 0 Å². The molecule has 0 saturated heterocycles. The fourth-order valence-corrected chi connectivity index (χ4v) is 3.01. The van der Waals surface area contributed by atoms with E-state index in [2.05, 4.69) is 26.1 Å². The third-order valence-electron chi connectivity index (χ3n) is 4.28. The number of nitrogens with one attached hydrogen (secondary N) is 1. The Morgan fingerprint density at radius 3 is 2.67 bits per heavy atom. The first-order chi connectivity index (χ1) is 9.90. The van der Waals surface area contributed by atoms with E-state index in [9.17, 15) is 9.59 Å². The van der Waals surface area contributed by atoms with E-state index in [1.807, 2.05) is 0 Å². The summed E-state index contributed by atoms with van der Waals surface area (Å²) in [6.45, 7) is 7.13. The molecule has 0 heterocycles. The summed E-state index contributed by atoms with van der Waals surface area (Å²) in [7, 11) is 0. The predicted molar refractivity (Wildman–Crippen MR) is 81.0 cm³/mol. The van der Waals surface area contributed by atoms with E-state index in [0.29, 0.717) is 30.7 Å². The number of carboxylic acid groups (broad SMARTS) is 1. The lowest BCUT2D eigenvalue weighted by Crippen LogP contribution is -2.37. The first kappa shape index (κ1) is 18.0. The summed E-state index contributed by atoms with van der Waals surface area (Å²) in [5.74, 6) is 0.767. The van der Waals surface area contributed by atoms with Crippen molar-refractivity contribution in [3.8, 4) is 0 Å². The van der Waals surface area contributed by atoms with Crippen LogP contribution in [-0.4, -0.2) is 36.2 Å². The largest absolute Gasteiger partial charge is 0.481 e. The number of carboxylic acids is 1. The minimum atomic E-state index is -0.837. The second-order valence-corrected chi connectivity index (χ2v) is 6.52. The molecule has 0 radical (unpaired) electrons. The van der Waals surface area contributed by atoms with Crippen LogP contribution in [0.1, 0.15) is 52.9 Å². The molecule has 122 valence electrons. The smallest absolute Gasteiger partial charge is 0.303 e. The van der Waals surface area contributed by atoms with E-state index in [-0.39, 0.29) is 25.0 Å². The Labute approximate surface area is 127 Å². The molecule has 5 nitrogen and oxygen atoms in total. The SMILES string of the molecule is CC1CCC(C(C)C)C(OCC(=O)NCCCC(=O)O)C1. The Bertz CT molecular complexity index is 343. The average Bonchev–Trinajstić information content (AvgIpc) is 2.40. The highest BCUT2D eigenvalue weighted by Gasteiger charge is 2.31.